The number of halogens is 2. The van der Waals surface area contributed by atoms with E-state index in [1.165, 1.54) is 17.2 Å². The Bertz CT molecular complexity index is 723. The number of likely N-dealkylation sites (N-methyl/N-ethyl adjacent to an activating group) is 1. The van der Waals surface area contributed by atoms with Crippen molar-refractivity contribution in [3.05, 3.63) is 60.2 Å². The lowest BCUT2D eigenvalue weighted by Crippen LogP contribution is -2.35. The number of carbonyl (C=O) groups excluding carboxylic acids is 1. The predicted molar refractivity (Wildman–Crippen MR) is 91.1 cm³/mol. The molecule has 1 amide bonds. The van der Waals surface area contributed by atoms with E-state index in [0.717, 1.165) is 5.69 Å². The summed E-state index contributed by atoms with van der Waals surface area (Å²) in [6, 6.07) is 15.3. The van der Waals surface area contributed by atoms with Crippen LogP contribution in [0.4, 0.5) is 14.5 Å². The number of alkyl halides is 2. The van der Waals surface area contributed by atoms with E-state index in [9.17, 15) is 13.6 Å². The molecule has 0 heterocycles. The van der Waals surface area contributed by atoms with Crippen LogP contribution in [0.3, 0.4) is 0 Å². The first-order valence-corrected chi connectivity index (χ1v) is 7.54. The third-order valence-electron chi connectivity index (χ3n) is 3.37. The van der Waals surface area contributed by atoms with Gasteiger partial charge in [0, 0.05) is 18.3 Å². The van der Waals surface area contributed by atoms with Crippen LogP contribution in [0.25, 0.3) is 0 Å². The third kappa shape index (κ3) is 5.27. The number of amides is 1. The molecule has 5 nitrogen and oxygen atoms in total. The lowest BCUT2D eigenvalue weighted by Gasteiger charge is -2.20. The minimum atomic E-state index is -2.93. The van der Waals surface area contributed by atoms with Crippen molar-refractivity contribution in [3.63, 3.8) is 0 Å². The first kappa shape index (κ1) is 18.4. The highest BCUT2D eigenvalue weighted by atomic mass is 19.3. The van der Waals surface area contributed by atoms with Gasteiger partial charge in [0.2, 0.25) is 6.10 Å². The zero-order chi connectivity index (χ0) is 18.2. The summed E-state index contributed by atoms with van der Waals surface area (Å²) < 4.78 is 29.1. The molecule has 132 valence electrons. The van der Waals surface area contributed by atoms with E-state index in [0.29, 0.717) is 5.56 Å². The minimum Gasteiger partial charge on any atom is -0.434 e. The SMILES string of the molecule is CC(O/N=C/c1ccccc1OC(F)F)C(=O)N(C)c1ccccc1. The van der Waals surface area contributed by atoms with E-state index < -0.39 is 12.7 Å². The van der Waals surface area contributed by atoms with Gasteiger partial charge in [-0.2, -0.15) is 8.78 Å². The van der Waals surface area contributed by atoms with Crippen LogP contribution in [0.1, 0.15) is 12.5 Å². The second-order valence-electron chi connectivity index (χ2n) is 5.13. The van der Waals surface area contributed by atoms with Crippen LogP contribution in [-0.2, 0) is 9.63 Å². The lowest BCUT2D eigenvalue weighted by molar-refractivity contribution is -0.128. The standard InChI is InChI=1S/C18H18F2N2O3/c1-13(17(23)22(2)15-9-4-3-5-10-15)25-21-12-14-8-6-7-11-16(14)24-18(19)20/h3-13,18H,1-2H3/b21-12+. The summed E-state index contributed by atoms with van der Waals surface area (Å²) in [6.07, 6.45) is 0.383. The molecule has 0 radical (unpaired) electrons. The molecule has 2 aromatic carbocycles. The normalized spacial score (nSPS) is 12.2. The molecule has 0 aliphatic rings. The number of anilines is 1. The van der Waals surface area contributed by atoms with Crippen LogP contribution in [0.5, 0.6) is 5.75 Å². The van der Waals surface area contributed by atoms with Gasteiger partial charge >= 0.3 is 6.61 Å². The van der Waals surface area contributed by atoms with Crippen LogP contribution in [-0.4, -0.2) is 31.9 Å². The molecule has 0 fully saturated rings. The summed E-state index contributed by atoms with van der Waals surface area (Å²) in [6.45, 7) is -1.38. The highest BCUT2D eigenvalue weighted by Gasteiger charge is 2.20. The van der Waals surface area contributed by atoms with E-state index in [1.807, 2.05) is 18.2 Å². The van der Waals surface area contributed by atoms with E-state index in [1.54, 1.807) is 44.3 Å². The molecule has 1 atom stereocenters. The van der Waals surface area contributed by atoms with Gasteiger partial charge in [-0.15, -0.1) is 0 Å². The fourth-order valence-electron chi connectivity index (χ4n) is 2.07. The van der Waals surface area contributed by atoms with Gasteiger partial charge in [-0.05, 0) is 31.2 Å². The highest BCUT2D eigenvalue weighted by Crippen LogP contribution is 2.18. The molecule has 0 aromatic heterocycles. The highest BCUT2D eigenvalue weighted by molar-refractivity contribution is 5.95. The second kappa shape index (κ2) is 8.77. The summed E-state index contributed by atoms with van der Waals surface area (Å²) in [5, 5.41) is 3.71. The minimum absolute atomic E-state index is 0.0229. The Morgan fingerprint density at radius 2 is 1.76 bits per heavy atom. The number of hydrogen-bond acceptors (Lipinski definition) is 4. The number of hydrogen-bond donors (Lipinski definition) is 0. The predicted octanol–water partition coefficient (Wildman–Crippen LogP) is 3.69. The summed E-state index contributed by atoms with van der Waals surface area (Å²) >= 11 is 0. The molecule has 0 N–H and O–H groups in total. The zero-order valence-electron chi connectivity index (χ0n) is 13.8. The van der Waals surface area contributed by atoms with Crippen molar-refractivity contribution >= 4 is 17.8 Å². The second-order valence-corrected chi connectivity index (χ2v) is 5.13. The molecule has 1 unspecified atom stereocenters. The van der Waals surface area contributed by atoms with Gasteiger partial charge < -0.3 is 14.5 Å². The van der Waals surface area contributed by atoms with Gasteiger partial charge in [-0.25, -0.2) is 0 Å². The molecule has 0 saturated heterocycles. The number of benzene rings is 2. The Hall–Kier alpha value is -2.96. The summed E-state index contributed by atoms with van der Waals surface area (Å²) in [7, 11) is 1.63. The zero-order valence-corrected chi connectivity index (χ0v) is 13.8. The van der Waals surface area contributed by atoms with Crippen LogP contribution in [0, 0.1) is 0 Å². The van der Waals surface area contributed by atoms with Crippen LogP contribution in [0.2, 0.25) is 0 Å². The summed E-state index contributed by atoms with van der Waals surface area (Å²) in [5.41, 5.74) is 1.04. The summed E-state index contributed by atoms with van der Waals surface area (Å²) in [4.78, 5) is 18.9. The topological polar surface area (TPSA) is 51.1 Å². The number of nitrogens with zero attached hydrogens (tertiary/aromatic N) is 2. The number of rotatable bonds is 7. The van der Waals surface area contributed by atoms with Crippen molar-refractivity contribution < 1.29 is 23.1 Å². The molecule has 0 aliphatic carbocycles. The van der Waals surface area contributed by atoms with Crippen LogP contribution < -0.4 is 9.64 Å². The molecule has 0 spiro atoms. The Morgan fingerprint density at radius 3 is 2.44 bits per heavy atom. The van der Waals surface area contributed by atoms with Crippen molar-refractivity contribution in [2.75, 3.05) is 11.9 Å². The van der Waals surface area contributed by atoms with Gasteiger partial charge in [-0.3, -0.25) is 4.79 Å². The molecule has 25 heavy (non-hydrogen) atoms. The molecule has 2 rings (SSSR count). The quantitative estimate of drug-likeness (QED) is 0.566. The van der Waals surface area contributed by atoms with Crippen LogP contribution >= 0.6 is 0 Å². The first-order chi connectivity index (χ1) is 12.0. The third-order valence-corrected chi connectivity index (χ3v) is 3.37. The monoisotopic (exact) mass is 348 g/mol. The largest absolute Gasteiger partial charge is 0.434 e. The van der Waals surface area contributed by atoms with Crippen molar-refractivity contribution in [2.45, 2.75) is 19.6 Å². The van der Waals surface area contributed by atoms with Crippen molar-refractivity contribution in [1.29, 1.82) is 0 Å². The average molecular weight is 348 g/mol. The van der Waals surface area contributed by atoms with Crippen molar-refractivity contribution in [3.8, 4) is 5.75 Å². The molecule has 0 aliphatic heterocycles. The molecular weight excluding hydrogens is 330 g/mol. The lowest BCUT2D eigenvalue weighted by atomic mass is 10.2. The Morgan fingerprint density at radius 1 is 1.12 bits per heavy atom. The fraction of sp³-hybridized carbons (Fsp3) is 0.222. The van der Waals surface area contributed by atoms with E-state index in [-0.39, 0.29) is 11.7 Å². The molecule has 2 aromatic rings. The van der Waals surface area contributed by atoms with Crippen molar-refractivity contribution in [2.24, 2.45) is 5.16 Å². The van der Waals surface area contributed by atoms with Gasteiger partial charge in [0.15, 0.2) is 0 Å². The van der Waals surface area contributed by atoms with Crippen molar-refractivity contribution in [1.82, 2.24) is 0 Å². The van der Waals surface area contributed by atoms with Gasteiger partial charge in [0.05, 0.1) is 6.21 Å². The first-order valence-electron chi connectivity index (χ1n) is 7.54. The maximum absolute atomic E-state index is 12.4. The smallest absolute Gasteiger partial charge is 0.387 e. The molecule has 0 bridgehead atoms. The number of oxime groups is 1. The van der Waals surface area contributed by atoms with Gasteiger partial charge in [-0.1, -0.05) is 35.5 Å². The van der Waals surface area contributed by atoms with E-state index in [2.05, 4.69) is 9.89 Å². The van der Waals surface area contributed by atoms with Crippen LogP contribution in [0.15, 0.2) is 59.8 Å². The van der Waals surface area contributed by atoms with E-state index >= 15 is 0 Å². The maximum Gasteiger partial charge on any atom is 0.387 e. The van der Waals surface area contributed by atoms with Gasteiger partial charge in [0.25, 0.3) is 5.91 Å². The number of ether oxygens (including phenoxy) is 1. The molecule has 7 heteroatoms. The van der Waals surface area contributed by atoms with Gasteiger partial charge in [0.1, 0.15) is 5.75 Å². The fourth-order valence-corrected chi connectivity index (χ4v) is 2.07. The average Bonchev–Trinajstić information content (AvgIpc) is 2.62. The Balaban J connectivity index is 1.98. The Kier molecular flexibility index (Phi) is 6.45. The Labute approximate surface area is 144 Å². The van der Waals surface area contributed by atoms with E-state index in [4.69, 9.17) is 4.84 Å². The molecular formula is C18H18F2N2O3. The molecule has 0 saturated carbocycles. The summed E-state index contributed by atoms with van der Waals surface area (Å²) in [5.74, 6) is -0.314. The maximum atomic E-state index is 12.4. The number of carbonyl (C=O) groups is 1. The number of para-hydroxylation sites is 2.